The third-order valence-electron chi connectivity index (χ3n) is 3.66. The van der Waals surface area contributed by atoms with Crippen LogP contribution in [0.3, 0.4) is 0 Å². The van der Waals surface area contributed by atoms with Crippen LogP contribution in [0.2, 0.25) is 5.02 Å². The molecule has 2 N–H and O–H groups in total. The maximum atomic E-state index is 13.9. The van der Waals surface area contributed by atoms with Crippen LogP contribution in [0, 0.1) is 5.82 Å². The molecule has 0 aliphatic carbocycles. The number of hydrogen-bond acceptors (Lipinski definition) is 7. The zero-order chi connectivity index (χ0) is 20.6. The van der Waals surface area contributed by atoms with Crippen LogP contribution in [-0.2, 0) is 6.61 Å². The summed E-state index contributed by atoms with van der Waals surface area (Å²) in [4.78, 5) is 13.6. The van der Waals surface area contributed by atoms with Gasteiger partial charge in [-0.05, 0) is 42.8 Å². The van der Waals surface area contributed by atoms with Gasteiger partial charge in [0.05, 0.1) is 17.8 Å². The molecule has 10 heteroatoms. The van der Waals surface area contributed by atoms with Crippen molar-refractivity contribution in [1.29, 1.82) is 0 Å². The second-order valence-electron chi connectivity index (χ2n) is 5.68. The molecule has 0 atom stereocenters. The maximum Gasteiger partial charge on any atom is 0.271 e. The lowest BCUT2D eigenvalue weighted by atomic mass is 10.2. The molecule has 150 valence electrons. The Morgan fingerprint density at radius 2 is 2.14 bits per heavy atom. The average molecular weight is 418 g/mol. The van der Waals surface area contributed by atoms with E-state index in [-0.39, 0.29) is 18.1 Å². The lowest BCUT2D eigenvalue weighted by Crippen LogP contribution is -2.10. The number of ether oxygens (including phenoxy) is 2. The minimum Gasteiger partial charge on any atom is -0.490 e. The Bertz CT molecular complexity index is 1050. The first kappa shape index (κ1) is 20.3. The van der Waals surface area contributed by atoms with Gasteiger partial charge < -0.3 is 9.47 Å². The van der Waals surface area contributed by atoms with Gasteiger partial charge in [0.2, 0.25) is 5.95 Å². The van der Waals surface area contributed by atoms with Crippen LogP contribution >= 0.6 is 11.6 Å². The number of aromatic nitrogens is 3. The van der Waals surface area contributed by atoms with Crippen LogP contribution in [0.1, 0.15) is 18.1 Å². The molecule has 1 aromatic heterocycles. The Balaban J connectivity index is 1.72. The molecule has 29 heavy (non-hydrogen) atoms. The first-order chi connectivity index (χ1) is 14.1. The summed E-state index contributed by atoms with van der Waals surface area (Å²) in [5, 5.41) is 11.5. The fourth-order valence-corrected chi connectivity index (χ4v) is 2.56. The van der Waals surface area contributed by atoms with E-state index in [1.807, 2.05) is 6.92 Å². The van der Waals surface area contributed by atoms with Crippen LogP contribution in [0.4, 0.5) is 10.3 Å². The van der Waals surface area contributed by atoms with Gasteiger partial charge in [-0.1, -0.05) is 17.7 Å². The van der Waals surface area contributed by atoms with Crippen molar-refractivity contribution in [3.8, 4) is 11.5 Å². The van der Waals surface area contributed by atoms with Crippen molar-refractivity contribution in [3.05, 3.63) is 74.9 Å². The van der Waals surface area contributed by atoms with E-state index in [4.69, 9.17) is 21.1 Å². The van der Waals surface area contributed by atoms with E-state index in [2.05, 4.69) is 25.7 Å². The smallest absolute Gasteiger partial charge is 0.271 e. The molecule has 0 aliphatic rings. The Morgan fingerprint density at radius 3 is 2.90 bits per heavy atom. The largest absolute Gasteiger partial charge is 0.490 e. The van der Waals surface area contributed by atoms with Crippen LogP contribution in [0.5, 0.6) is 11.5 Å². The second-order valence-corrected chi connectivity index (χ2v) is 6.09. The summed E-state index contributed by atoms with van der Waals surface area (Å²) < 4.78 is 25.2. The highest BCUT2D eigenvalue weighted by molar-refractivity contribution is 6.31. The number of benzene rings is 2. The zero-order valence-corrected chi connectivity index (χ0v) is 16.1. The molecule has 0 bridgehead atoms. The van der Waals surface area contributed by atoms with Crippen molar-refractivity contribution in [3.63, 3.8) is 0 Å². The Morgan fingerprint density at radius 1 is 1.28 bits per heavy atom. The summed E-state index contributed by atoms with van der Waals surface area (Å²) in [7, 11) is 0. The second kappa shape index (κ2) is 9.65. The highest BCUT2D eigenvalue weighted by Crippen LogP contribution is 2.30. The lowest BCUT2D eigenvalue weighted by Gasteiger charge is -2.13. The lowest BCUT2D eigenvalue weighted by molar-refractivity contribution is 0.266. The van der Waals surface area contributed by atoms with Crippen molar-refractivity contribution < 1.29 is 13.9 Å². The zero-order valence-electron chi connectivity index (χ0n) is 15.4. The third kappa shape index (κ3) is 5.52. The van der Waals surface area contributed by atoms with Gasteiger partial charge in [0.25, 0.3) is 5.56 Å². The summed E-state index contributed by atoms with van der Waals surface area (Å²) in [6.07, 6.45) is 2.56. The van der Waals surface area contributed by atoms with Crippen molar-refractivity contribution in [2.24, 2.45) is 5.10 Å². The van der Waals surface area contributed by atoms with Crippen molar-refractivity contribution in [2.45, 2.75) is 13.5 Å². The molecule has 0 fully saturated rings. The third-order valence-corrected chi connectivity index (χ3v) is 4.01. The first-order valence-corrected chi connectivity index (χ1v) is 8.98. The molecule has 0 radical (unpaired) electrons. The predicted molar refractivity (Wildman–Crippen MR) is 107 cm³/mol. The number of anilines is 1. The van der Waals surface area contributed by atoms with E-state index < -0.39 is 11.4 Å². The number of halogens is 2. The molecule has 2 aromatic carbocycles. The summed E-state index contributed by atoms with van der Waals surface area (Å²) in [5.41, 5.74) is 3.14. The Hall–Kier alpha value is -3.46. The van der Waals surface area contributed by atoms with Gasteiger partial charge in [-0.25, -0.2) is 9.82 Å². The van der Waals surface area contributed by atoms with Gasteiger partial charge in [0.1, 0.15) is 18.6 Å². The van der Waals surface area contributed by atoms with E-state index in [9.17, 15) is 9.18 Å². The monoisotopic (exact) mass is 417 g/mol. The predicted octanol–water partition coefficient (Wildman–Crippen LogP) is 3.38. The Kier molecular flexibility index (Phi) is 6.75. The fraction of sp³-hybridized carbons (Fsp3) is 0.158. The Labute approximate surface area is 170 Å². The molecule has 1 heterocycles. The number of nitrogens with zero attached hydrogens (tertiary/aromatic N) is 3. The van der Waals surface area contributed by atoms with Gasteiger partial charge in [0.15, 0.2) is 11.5 Å². The van der Waals surface area contributed by atoms with Crippen molar-refractivity contribution in [1.82, 2.24) is 15.2 Å². The number of H-pyrrole nitrogens is 1. The van der Waals surface area contributed by atoms with Crippen LogP contribution in [0.15, 0.2) is 52.5 Å². The molecular formula is C19H17ClFN5O3. The van der Waals surface area contributed by atoms with Crippen LogP contribution in [-0.4, -0.2) is 28.0 Å². The number of rotatable bonds is 8. The topological polar surface area (TPSA) is 101 Å². The molecule has 0 saturated heterocycles. The SMILES string of the molecule is CCOc1cc(/C=N/Nc2nncc(=O)[nH]2)ccc1OCc1c(F)cccc1Cl. The quantitative estimate of drug-likeness (QED) is 0.430. The molecule has 0 amide bonds. The van der Waals surface area contributed by atoms with E-state index >= 15 is 0 Å². The maximum absolute atomic E-state index is 13.9. The van der Waals surface area contributed by atoms with Crippen molar-refractivity contribution in [2.75, 3.05) is 12.0 Å². The highest BCUT2D eigenvalue weighted by Gasteiger charge is 2.11. The molecule has 0 saturated carbocycles. The summed E-state index contributed by atoms with van der Waals surface area (Å²) in [5.74, 6) is 0.583. The van der Waals surface area contributed by atoms with E-state index in [1.54, 1.807) is 24.3 Å². The first-order valence-electron chi connectivity index (χ1n) is 8.60. The minimum atomic E-state index is -0.438. The summed E-state index contributed by atoms with van der Waals surface area (Å²) >= 11 is 6.03. The van der Waals surface area contributed by atoms with Gasteiger partial charge in [0, 0.05) is 5.56 Å². The summed E-state index contributed by atoms with van der Waals surface area (Å²) in [6, 6.07) is 9.60. The van der Waals surface area contributed by atoms with E-state index in [0.717, 1.165) is 6.20 Å². The number of hydrazone groups is 1. The number of aromatic amines is 1. The molecule has 8 nitrogen and oxygen atoms in total. The van der Waals surface area contributed by atoms with Gasteiger partial charge in [-0.2, -0.15) is 5.10 Å². The average Bonchev–Trinajstić information content (AvgIpc) is 2.69. The number of hydrogen-bond donors (Lipinski definition) is 2. The molecule has 0 unspecified atom stereocenters. The minimum absolute atomic E-state index is 0.0411. The highest BCUT2D eigenvalue weighted by atomic mass is 35.5. The molecule has 0 aliphatic heterocycles. The normalized spacial score (nSPS) is 10.9. The van der Waals surface area contributed by atoms with Crippen LogP contribution in [0.25, 0.3) is 0 Å². The number of nitrogens with one attached hydrogen (secondary N) is 2. The molecule has 3 aromatic rings. The van der Waals surface area contributed by atoms with Crippen molar-refractivity contribution >= 4 is 23.8 Å². The fourth-order valence-electron chi connectivity index (χ4n) is 2.34. The summed E-state index contributed by atoms with van der Waals surface area (Å²) in [6.45, 7) is 2.21. The van der Waals surface area contributed by atoms with Gasteiger partial charge >= 0.3 is 0 Å². The van der Waals surface area contributed by atoms with Gasteiger partial charge in [-0.15, -0.1) is 10.2 Å². The molecule has 0 spiro atoms. The molecule has 3 rings (SSSR count). The van der Waals surface area contributed by atoms with E-state index in [1.165, 1.54) is 18.3 Å². The van der Waals surface area contributed by atoms with E-state index in [0.29, 0.717) is 28.7 Å². The molecular weight excluding hydrogens is 401 g/mol. The van der Waals surface area contributed by atoms with Crippen LogP contribution < -0.4 is 20.5 Å². The van der Waals surface area contributed by atoms with Gasteiger partial charge in [-0.3, -0.25) is 9.78 Å². The standard InChI is InChI=1S/C19H17ClFN5O3/c1-2-28-17-8-12(9-22-25-19-24-18(27)10-23-26-19)6-7-16(17)29-11-13-14(20)4-3-5-15(13)21/h3-10H,2,11H2,1H3,(H2,24,25,26,27)/b22-9+.